The molecule has 2 aromatic heterocycles. The van der Waals surface area contributed by atoms with E-state index < -0.39 is 0 Å². The molecule has 2 aromatic rings. The Morgan fingerprint density at radius 2 is 2.11 bits per heavy atom. The Bertz CT molecular complexity index is 504. The van der Waals surface area contributed by atoms with Gasteiger partial charge in [0.05, 0.1) is 6.04 Å². The molecule has 0 saturated carbocycles. The first-order valence-corrected chi connectivity index (χ1v) is 6.55. The Hall–Kier alpha value is -1.73. The van der Waals surface area contributed by atoms with Crippen LogP contribution in [0, 0.1) is 0 Å². The molecule has 1 fully saturated rings. The summed E-state index contributed by atoms with van der Waals surface area (Å²) in [6, 6.07) is 1.44. The summed E-state index contributed by atoms with van der Waals surface area (Å²) in [6.45, 7) is 2.96. The second-order valence-electron chi connectivity index (χ2n) is 4.81. The van der Waals surface area contributed by atoms with Gasteiger partial charge in [0.1, 0.15) is 6.26 Å². The van der Waals surface area contributed by atoms with Gasteiger partial charge in [-0.1, -0.05) is 16.7 Å². The van der Waals surface area contributed by atoms with E-state index in [0.29, 0.717) is 17.4 Å². The maximum absolute atomic E-state index is 6.12. The van der Waals surface area contributed by atoms with E-state index in [-0.39, 0.29) is 6.04 Å². The Morgan fingerprint density at radius 1 is 1.26 bits per heavy atom. The topological polar surface area (TPSA) is 94.2 Å². The first-order valence-electron chi connectivity index (χ1n) is 6.55. The number of likely N-dealkylation sites (tertiary alicyclic amines) is 1. The monoisotopic (exact) mass is 263 g/mol. The highest BCUT2D eigenvalue weighted by atomic mass is 16.5. The van der Waals surface area contributed by atoms with Gasteiger partial charge in [-0.05, 0) is 25.9 Å². The van der Waals surface area contributed by atoms with Crippen molar-refractivity contribution in [3.63, 3.8) is 0 Å². The van der Waals surface area contributed by atoms with E-state index >= 15 is 0 Å². The Kier molecular flexibility index (Phi) is 3.56. The minimum absolute atomic E-state index is 0.234. The van der Waals surface area contributed by atoms with E-state index in [1.807, 2.05) is 0 Å². The molecule has 1 aliphatic rings. The lowest BCUT2D eigenvalue weighted by molar-refractivity contribution is 0.213. The van der Waals surface area contributed by atoms with Gasteiger partial charge < -0.3 is 19.7 Å². The summed E-state index contributed by atoms with van der Waals surface area (Å²) in [4.78, 5) is 6.61. The largest absolute Gasteiger partial charge is 0.364 e. The third-order valence-electron chi connectivity index (χ3n) is 3.33. The first kappa shape index (κ1) is 12.3. The summed E-state index contributed by atoms with van der Waals surface area (Å²) in [6.07, 6.45) is 5.25. The molecule has 19 heavy (non-hydrogen) atoms. The Balaban J connectivity index is 1.65. The van der Waals surface area contributed by atoms with Gasteiger partial charge in [-0.25, -0.2) is 0 Å². The first-order chi connectivity index (χ1) is 9.33. The molecule has 0 spiro atoms. The van der Waals surface area contributed by atoms with Crippen LogP contribution in [0.25, 0.3) is 11.6 Å². The van der Waals surface area contributed by atoms with Crippen molar-refractivity contribution in [2.24, 2.45) is 5.73 Å². The summed E-state index contributed by atoms with van der Waals surface area (Å²) in [5.74, 6) is 0.862. The fourth-order valence-electron chi connectivity index (χ4n) is 2.31. The number of hydrogen-bond donors (Lipinski definition) is 1. The summed E-state index contributed by atoms with van der Waals surface area (Å²) in [7, 11) is 0. The molecule has 1 atom stereocenters. The molecular formula is C12H17N5O2. The fourth-order valence-corrected chi connectivity index (χ4v) is 2.31. The van der Waals surface area contributed by atoms with Gasteiger partial charge in [0.15, 0.2) is 11.5 Å². The van der Waals surface area contributed by atoms with E-state index in [1.165, 1.54) is 25.5 Å². The van der Waals surface area contributed by atoms with Gasteiger partial charge in [-0.15, -0.1) is 0 Å². The zero-order chi connectivity index (χ0) is 13.1. The standard InChI is InChI=1S/C12H17N5O2/c13-9(8-17-5-2-1-3-6-17)11-14-12(19-16-11)10-4-7-18-15-10/h4,7,9H,1-3,5-6,8,13H2. The summed E-state index contributed by atoms with van der Waals surface area (Å²) in [5.41, 5.74) is 6.65. The fraction of sp³-hybridized carbons (Fsp3) is 0.583. The molecule has 102 valence electrons. The van der Waals surface area contributed by atoms with E-state index in [2.05, 4.69) is 20.2 Å². The van der Waals surface area contributed by atoms with Gasteiger partial charge in [0.25, 0.3) is 5.89 Å². The number of nitrogens with zero attached hydrogens (tertiary/aromatic N) is 4. The summed E-state index contributed by atoms with van der Waals surface area (Å²) in [5, 5.41) is 7.67. The van der Waals surface area contributed by atoms with E-state index in [9.17, 15) is 0 Å². The lowest BCUT2D eigenvalue weighted by Gasteiger charge is -2.27. The Morgan fingerprint density at radius 3 is 2.84 bits per heavy atom. The van der Waals surface area contributed by atoms with Crippen LogP contribution in [-0.2, 0) is 0 Å². The second-order valence-corrected chi connectivity index (χ2v) is 4.81. The van der Waals surface area contributed by atoms with E-state index in [4.69, 9.17) is 14.8 Å². The van der Waals surface area contributed by atoms with Crippen LogP contribution >= 0.6 is 0 Å². The smallest absolute Gasteiger partial charge is 0.280 e. The second kappa shape index (κ2) is 5.50. The van der Waals surface area contributed by atoms with Crippen molar-refractivity contribution < 1.29 is 9.05 Å². The van der Waals surface area contributed by atoms with Gasteiger partial charge >= 0.3 is 0 Å². The average molecular weight is 263 g/mol. The average Bonchev–Trinajstić information content (AvgIpc) is 3.11. The zero-order valence-electron chi connectivity index (χ0n) is 10.7. The molecule has 0 aromatic carbocycles. The van der Waals surface area contributed by atoms with Gasteiger partial charge in [-0.3, -0.25) is 0 Å². The van der Waals surface area contributed by atoms with Crippen LogP contribution < -0.4 is 5.73 Å². The highest BCUT2D eigenvalue weighted by Crippen LogP contribution is 2.18. The van der Waals surface area contributed by atoms with Crippen molar-refractivity contribution in [2.45, 2.75) is 25.3 Å². The van der Waals surface area contributed by atoms with Crippen LogP contribution in [-0.4, -0.2) is 39.8 Å². The van der Waals surface area contributed by atoms with Crippen molar-refractivity contribution in [3.05, 3.63) is 18.2 Å². The maximum atomic E-state index is 6.12. The highest BCUT2D eigenvalue weighted by molar-refractivity contribution is 5.44. The van der Waals surface area contributed by atoms with Crippen LogP contribution in [0.4, 0.5) is 0 Å². The van der Waals surface area contributed by atoms with Crippen LogP contribution in [0.15, 0.2) is 21.4 Å². The molecule has 1 aliphatic heterocycles. The highest BCUT2D eigenvalue weighted by Gasteiger charge is 2.20. The molecule has 7 nitrogen and oxygen atoms in total. The summed E-state index contributed by atoms with van der Waals surface area (Å²) < 4.78 is 9.88. The normalized spacial score (nSPS) is 18.6. The third-order valence-corrected chi connectivity index (χ3v) is 3.33. The maximum Gasteiger partial charge on any atom is 0.280 e. The minimum atomic E-state index is -0.234. The van der Waals surface area contributed by atoms with Crippen LogP contribution in [0.3, 0.4) is 0 Å². The molecule has 3 rings (SSSR count). The predicted octanol–water partition coefficient (Wildman–Crippen LogP) is 1.21. The quantitative estimate of drug-likeness (QED) is 0.885. The number of piperidine rings is 1. The number of rotatable bonds is 4. The lowest BCUT2D eigenvalue weighted by atomic mass is 10.1. The number of nitrogens with two attached hydrogens (primary N) is 1. The van der Waals surface area contributed by atoms with Crippen molar-refractivity contribution in [3.8, 4) is 11.6 Å². The molecular weight excluding hydrogens is 246 g/mol. The molecule has 0 amide bonds. The van der Waals surface area contributed by atoms with Gasteiger partial charge in [-0.2, -0.15) is 4.98 Å². The lowest BCUT2D eigenvalue weighted by Crippen LogP contribution is -2.36. The number of aromatic nitrogens is 3. The van der Waals surface area contributed by atoms with E-state index in [0.717, 1.165) is 19.6 Å². The molecule has 1 saturated heterocycles. The minimum Gasteiger partial charge on any atom is -0.364 e. The Labute approximate surface area is 110 Å². The van der Waals surface area contributed by atoms with E-state index in [1.54, 1.807) is 6.07 Å². The van der Waals surface area contributed by atoms with Gasteiger partial charge in [0.2, 0.25) is 0 Å². The van der Waals surface area contributed by atoms with Crippen LogP contribution in [0.2, 0.25) is 0 Å². The molecule has 3 heterocycles. The SMILES string of the molecule is NC(CN1CCCCC1)c1noc(-c2ccon2)n1. The van der Waals surface area contributed by atoms with Crippen LogP contribution in [0.5, 0.6) is 0 Å². The number of hydrogen-bond acceptors (Lipinski definition) is 7. The molecule has 7 heteroatoms. The third kappa shape index (κ3) is 2.82. The summed E-state index contributed by atoms with van der Waals surface area (Å²) >= 11 is 0. The molecule has 2 N–H and O–H groups in total. The van der Waals surface area contributed by atoms with Crippen molar-refractivity contribution in [2.75, 3.05) is 19.6 Å². The zero-order valence-corrected chi connectivity index (χ0v) is 10.7. The molecule has 0 aliphatic carbocycles. The predicted molar refractivity (Wildman–Crippen MR) is 67.0 cm³/mol. The van der Waals surface area contributed by atoms with Crippen molar-refractivity contribution >= 4 is 0 Å². The molecule has 1 unspecified atom stereocenters. The molecule has 0 radical (unpaired) electrons. The van der Waals surface area contributed by atoms with Crippen molar-refractivity contribution in [1.82, 2.24) is 20.2 Å². The van der Waals surface area contributed by atoms with Crippen molar-refractivity contribution in [1.29, 1.82) is 0 Å². The van der Waals surface area contributed by atoms with Crippen LogP contribution in [0.1, 0.15) is 31.1 Å². The van der Waals surface area contributed by atoms with Gasteiger partial charge in [0, 0.05) is 12.6 Å². The molecule has 0 bridgehead atoms.